The molecule has 0 fully saturated rings. The van der Waals surface area contributed by atoms with Gasteiger partial charge < -0.3 is 11.5 Å². The Kier molecular flexibility index (Phi) is 3.86. The van der Waals surface area contributed by atoms with Gasteiger partial charge in [0.1, 0.15) is 0 Å². The third-order valence-corrected chi connectivity index (χ3v) is 3.77. The van der Waals surface area contributed by atoms with Crippen molar-refractivity contribution in [2.24, 2.45) is 21.6 Å². The van der Waals surface area contributed by atoms with Crippen LogP contribution in [-0.4, -0.2) is 25.9 Å². The number of hydrogen-bond donors (Lipinski definition) is 3. The Balaban J connectivity index is 2.51. The van der Waals surface area contributed by atoms with E-state index in [1.54, 1.807) is 24.4 Å². The third kappa shape index (κ3) is 3.03. The fraction of sp³-hybridized carbons (Fsp3) is 0.167. The average molecular weight is 293 g/mol. The highest BCUT2D eigenvalue weighted by molar-refractivity contribution is 7.89. The number of benzene rings is 1. The van der Waals surface area contributed by atoms with Crippen LogP contribution in [0.5, 0.6) is 0 Å². The molecular weight excluding hydrogens is 278 g/mol. The molecule has 2 aromatic rings. The summed E-state index contributed by atoms with van der Waals surface area (Å²) >= 11 is 0. The molecule has 0 atom stereocenters. The highest BCUT2D eigenvalue weighted by atomic mass is 32.2. The lowest BCUT2D eigenvalue weighted by Gasteiger charge is -2.07. The number of aromatic nitrogens is 1. The number of guanidine groups is 1. The molecule has 1 heterocycles. The molecule has 6 N–H and O–H groups in total. The van der Waals surface area contributed by atoms with Gasteiger partial charge >= 0.3 is 0 Å². The first-order chi connectivity index (χ1) is 9.39. The van der Waals surface area contributed by atoms with Gasteiger partial charge in [-0.15, -0.1) is 0 Å². The maximum atomic E-state index is 11.6. The second-order valence-electron chi connectivity index (χ2n) is 4.21. The number of pyridine rings is 1. The van der Waals surface area contributed by atoms with Crippen LogP contribution >= 0.6 is 0 Å². The van der Waals surface area contributed by atoms with E-state index in [1.165, 1.54) is 6.07 Å². The molecule has 0 saturated carbocycles. The average Bonchev–Trinajstić information content (AvgIpc) is 2.36. The molecule has 7 nitrogen and oxygen atoms in total. The first kappa shape index (κ1) is 14.2. The van der Waals surface area contributed by atoms with E-state index in [2.05, 4.69) is 9.98 Å². The Labute approximate surface area is 116 Å². The Bertz CT molecular complexity index is 767. The second-order valence-corrected chi connectivity index (χ2v) is 5.74. The summed E-state index contributed by atoms with van der Waals surface area (Å²) in [5.74, 6) is 0.00969. The standard InChI is InChI=1S/C12H15N5O2S/c13-12(14)17-7-5-10-8-2-1-3-11(20(15,18)19)9(8)4-6-16-10/h1-4,6H,5,7H2,(H4,13,14,17)(H2,15,18,19). The van der Waals surface area contributed by atoms with Crippen LogP contribution in [-0.2, 0) is 16.4 Å². The van der Waals surface area contributed by atoms with Crippen molar-refractivity contribution in [3.05, 3.63) is 36.2 Å². The van der Waals surface area contributed by atoms with E-state index in [4.69, 9.17) is 16.6 Å². The molecular formula is C12H15N5O2S. The molecule has 8 heteroatoms. The van der Waals surface area contributed by atoms with Gasteiger partial charge in [-0.3, -0.25) is 9.98 Å². The van der Waals surface area contributed by atoms with Gasteiger partial charge in [0.2, 0.25) is 10.0 Å². The van der Waals surface area contributed by atoms with E-state index in [9.17, 15) is 8.42 Å². The van der Waals surface area contributed by atoms with Crippen LogP contribution in [0.25, 0.3) is 10.8 Å². The molecule has 106 valence electrons. The number of rotatable bonds is 4. The van der Waals surface area contributed by atoms with Crippen molar-refractivity contribution in [1.82, 2.24) is 4.98 Å². The van der Waals surface area contributed by atoms with Gasteiger partial charge in [-0.25, -0.2) is 13.6 Å². The van der Waals surface area contributed by atoms with E-state index in [-0.39, 0.29) is 10.9 Å². The lowest BCUT2D eigenvalue weighted by molar-refractivity contribution is 0.598. The largest absolute Gasteiger partial charge is 0.370 e. The Hall–Kier alpha value is -2.19. The smallest absolute Gasteiger partial charge is 0.238 e. The van der Waals surface area contributed by atoms with E-state index in [0.29, 0.717) is 18.4 Å². The minimum atomic E-state index is -3.78. The number of nitrogens with zero attached hydrogens (tertiary/aromatic N) is 2. The van der Waals surface area contributed by atoms with Crippen molar-refractivity contribution < 1.29 is 8.42 Å². The minimum absolute atomic E-state index is 0.00969. The lowest BCUT2D eigenvalue weighted by atomic mass is 10.1. The molecule has 0 bridgehead atoms. The van der Waals surface area contributed by atoms with Gasteiger partial charge in [-0.05, 0) is 12.1 Å². The van der Waals surface area contributed by atoms with Crippen LogP contribution in [0, 0.1) is 0 Å². The maximum Gasteiger partial charge on any atom is 0.238 e. The van der Waals surface area contributed by atoms with Crippen molar-refractivity contribution in [1.29, 1.82) is 0 Å². The molecule has 1 aromatic carbocycles. The van der Waals surface area contributed by atoms with Crippen molar-refractivity contribution in [2.45, 2.75) is 11.3 Å². The van der Waals surface area contributed by atoms with E-state index in [0.717, 1.165) is 11.1 Å². The van der Waals surface area contributed by atoms with Gasteiger partial charge in [0, 0.05) is 29.9 Å². The summed E-state index contributed by atoms with van der Waals surface area (Å²) in [6.07, 6.45) is 2.05. The number of fused-ring (bicyclic) bond motifs is 1. The van der Waals surface area contributed by atoms with Crippen LogP contribution in [0.3, 0.4) is 0 Å². The first-order valence-corrected chi connectivity index (χ1v) is 7.39. The van der Waals surface area contributed by atoms with Crippen LogP contribution in [0.15, 0.2) is 40.4 Å². The van der Waals surface area contributed by atoms with Crippen molar-refractivity contribution in [3.63, 3.8) is 0 Å². The van der Waals surface area contributed by atoms with Gasteiger partial charge in [-0.2, -0.15) is 0 Å². The first-order valence-electron chi connectivity index (χ1n) is 5.84. The fourth-order valence-electron chi connectivity index (χ4n) is 1.98. The monoisotopic (exact) mass is 293 g/mol. The molecule has 0 spiro atoms. The van der Waals surface area contributed by atoms with Crippen LogP contribution in [0.1, 0.15) is 5.69 Å². The Morgan fingerprint density at radius 1 is 1.20 bits per heavy atom. The van der Waals surface area contributed by atoms with Crippen LogP contribution in [0.4, 0.5) is 0 Å². The van der Waals surface area contributed by atoms with Gasteiger partial charge in [0.15, 0.2) is 5.96 Å². The number of sulfonamides is 1. The summed E-state index contributed by atoms with van der Waals surface area (Å²) in [6.45, 7) is 0.383. The second kappa shape index (κ2) is 5.43. The number of hydrogen-bond acceptors (Lipinski definition) is 4. The zero-order chi connectivity index (χ0) is 14.8. The minimum Gasteiger partial charge on any atom is -0.370 e. The zero-order valence-corrected chi connectivity index (χ0v) is 11.5. The highest BCUT2D eigenvalue weighted by Crippen LogP contribution is 2.23. The van der Waals surface area contributed by atoms with E-state index < -0.39 is 10.0 Å². The maximum absolute atomic E-state index is 11.6. The highest BCUT2D eigenvalue weighted by Gasteiger charge is 2.13. The van der Waals surface area contributed by atoms with Crippen molar-refractivity contribution in [2.75, 3.05) is 6.54 Å². The SMILES string of the molecule is NC(N)=NCCc1nccc2c(S(N)(=O)=O)cccc12. The molecule has 0 aliphatic carbocycles. The van der Waals surface area contributed by atoms with Crippen molar-refractivity contribution >= 4 is 26.8 Å². The topological polar surface area (TPSA) is 137 Å². The van der Waals surface area contributed by atoms with Crippen LogP contribution in [0.2, 0.25) is 0 Å². The molecule has 20 heavy (non-hydrogen) atoms. The van der Waals surface area contributed by atoms with Gasteiger partial charge in [-0.1, -0.05) is 12.1 Å². The lowest BCUT2D eigenvalue weighted by Crippen LogP contribution is -2.23. The summed E-state index contributed by atoms with van der Waals surface area (Å²) in [7, 11) is -3.78. The van der Waals surface area contributed by atoms with E-state index >= 15 is 0 Å². The molecule has 0 aliphatic rings. The van der Waals surface area contributed by atoms with Gasteiger partial charge in [0.25, 0.3) is 0 Å². The molecule has 0 saturated heterocycles. The Morgan fingerprint density at radius 2 is 1.95 bits per heavy atom. The Morgan fingerprint density at radius 3 is 2.60 bits per heavy atom. The molecule has 0 aliphatic heterocycles. The normalized spacial score (nSPS) is 11.4. The summed E-state index contributed by atoms with van der Waals surface area (Å²) in [5, 5.41) is 6.48. The number of nitrogens with two attached hydrogens (primary N) is 3. The number of aliphatic imine (C=N–C) groups is 1. The molecule has 0 unspecified atom stereocenters. The predicted octanol–water partition coefficient (Wildman–Crippen LogP) is -0.302. The summed E-state index contributed by atoms with van der Waals surface area (Å²) in [5.41, 5.74) is 11.2. The molecule has 0 radical (unpaired) electrons. The van der Waals surface area contributed by atoms with Crippen LogP contribution < -0.4 is 16.6 Å². The van der Waals surface area contributed by atoms with Crippen molar-refractivity contribution in [3.8, 4) is 0 Å². The zero-order valence-electron chi connectivity index (χ0n) is 10.7. The fourth-order valence-corrected chi connectivity index (χ4v) is 2.73. The van der Waals surface area contributed by atoms with Gasteiger partial charge in [0.05, 0.1) is 10.6 Å². The quantitative estimate of drug-likeness (QED) is 0.525. The number of primary sulfonamides is 1. The molecule has 1 aromatic heterocycles. The summed E-state index contributed by atoms with van der Waals surface area (Å²) in [4.78, 5) is 8.21. The molecule has 2 rings (SSSR count). The summed E-state index contributed by atoms with van der Waals surface area (Å²) < 4.78 is 23.1. The third-order valence-electron chi connectivity index (χ3n) is 2.80. The van der Waals surface area contributed by atoms with E-state index in [1.807, 2.05) is 0 Å². The molecule has 0 amide bonds. The summed E-state index contributed by atoms with van der Waals surface area (Å²) in [6, 6.07) is 6.52. The predicted molar refractivity (Wildman–Crippen MR) is 77.5 cm³/mol.